The Hall–Kier alpha value is -1.10. The second-order valence-corrected chi connectivity index (χ2v) is 6.14. The molecule has 0 aliphatic carbocycles. The molecule has 0 radical (unpaired) electrons. The van der Waals surface area contributed by atoms with Crippen LogP contribution in [0.1, 0.15) is 25.0 Å². The molecule has 0 aromatic heterocycles. The lowest BCUT2D eigenvalue weighted by Gasteiger charge is -2.36. The number of benzene rings is 1. The smallest absolute Gasteiger partial charge is 0.122 e. The van der Waals surface area contributed by atoms with Crippen molar-refractivity contribution in [1.82, 2.24) is 4.90 Å². The van der Waals surface area contributed by atoms with Gasteiger partial charge >= 0.3 is 0 Å². The van der Waals surface area contributed by atoms with E-state index in [1.54, 1.807) is 0 Å². The number of aliphatic hydroxyl groups excluding tert-OH is 1. The summed E-state index contributed by atoms with van der Waals surface area (Å²) in [4.78, 5) is 2.25. The summed E-state index contributed by atoms with van der Waals surface area (Å²) in [6.07, 6.45) is -0.0378. The third kappa shape index (κ3) is 4.70. The first-order valence-corrected chi connectivity index (χ1v) is 7.70. The molecule has 2 rings (SSSR count). The topological polar surface area (TPSA) is 41.9 Å². The molecule has 4 nitrogen and oxygen atoms in total. The first-order valence-electron chi connectivity index (χ1n) is 7.70. The van der Waals surface area contributed by atoms with Crippen molar-refractivity contribution < 1.29 is 14.6 Å². The summed E-state index contributed by atoms with van der Waals surface area (Å²) in [7, 11) is 0. The van der Waals surface area contributed by atoms with Crippen LogP contribution >= 0.6 is 0 Å². The zero-order valence-corrected chi connectivity index (χ0v) is 13.5. The van der Waals surface area contributed by atoms with E-state index >= 15 is 0 Å². The highest BCUT2D eigenvalue weighted by atomic mass is 16.5. The number of nitrogens with zero attached hydrogens (tertiary/aromatic N) is 1. The van der Waals surface area contributed by atoms with Crippen LogP contribution in [0.5, 0.6) is 5.75 Å². The van der Waals surface area contributed by atoms with E-state index in [1.165, 1.54) is 5.56 Å². The maximum absolute atomic E-state index is 10.2. The Bertz CT molecular complexity index is 453. The Morgan fingerprint density at radius 1 is 1.29 bits per heavy atom. The van der Waals surface area contributed by atoms with Crippen LogP contribution in [0.3, 0.4) is 0 Å². The van der Waals surface area contributed by atoms with Crippen LogP contribution in [-0.2, 0) is 4.74 Å². The number of rotatable bonds is 5. The Labute approximate surface area is 127 Å². The normalized spacial score (nSPS) is 24.8. The van der Waals surface area contributed by atoms with E-state index in [4.69, 9.17) is 9.47 Å². The molecule has 0 bridgehead atoms. The van der Waals surface area contributed by atoms with Gasteiger partial charge in [0.25, 0.3) is 0 Å². The first kappa shape index (κ1) is 16.3. The third-order valence-electron chi connectivity index (χ3n) is 3.95. The minimum Gasteiger partial charge on any atom is -0.491 e. The maximum atomic E-state index is 10.2. The summed E-state index contributed by atoms with van der Waals surface area (Å²) >= 11 is 0. The Morgan fingerprint density at radius 3 is 2.62 bits per heavy atom. The van der Waals surface area contributed by atoms with Gasteiger partial charge in [0.2, 0.25) is 0 Å². The molecule has 1 saturated heterocycles. The fourth-order valence-electron chi connectivity index (χ4n) is 2.85. The van der Waals surface area contributed by atoms with E-state index in [9.17, 15) is 5.11 Å². The second-order valence-electron chi connectivity index (χ2n) is 6.14. The maximum Gasteiger partial charge on any atom is 0.122 e. The first-order chi connectivity index (χ1) is 9.95. The van der Waals surface area contributed by atoms with E-state index in [-0.39, 0.29) is 12.2 Å². The molecular formula is C17H27NO3. The minimum absolute atomic E-state index is 0.223. The van der Waals surface area contributed by atoms with Crippen LogP contribution in [0.15, 0.2) is 18.2 Å². The fourth-order valence-corrected chi connectivity index (χ4v) is 2.85. The lowest BCUT2D eigenvalue weighted by atomic mass is 10.1. The van der Waals surface area contributed by atoms with Gasteiger partial charge in [0, 0.05) is 19.6 Å². The highest BCUT2D eigenvalue weighted by Crippen LogP contribution is 2.20. The van der Waals surface area contributed by atoms with Gasteiger partial charge in [-0.1, -0.05) is 12.1 Å². The van der Waals surface area contributed by atoms with Crippen LogP contribution in [0, 0.1) is 13.8 Å². The van der Waals surface area contributed by atoms with Crippen molar-refractivity contribution >= 4 is 0 Å². The summed E-state index contributed by atoms with van der Waals surface area (Å²) in [5.74, 6) is 0.859. The molecule has 1 aromatic rings. The monoisotopic (exact) mass is 293 g/mol. The molecular weight excluding hydrogens is 266 g/mol. The van der Waals surface area contributed by atoms with Gasteiger partial charge in [0.1, 0.15) is 18.5 Å². The Kier molecular flexibility index (Phi) is 5.62. The molecule has 0 spiro atoms. The van der Waals surface area contributed by atoms with Crippen molar-refractivity contribution in [2.45, 2.75) is 46.0 Å². The molecule has 3 atom stereocenters. The quantitative estimate of drug-likeness (QED) is 0.903. The third-order valence-corrected chi connectivity index (χ3v) is 3.95. The van der Waals surface area contributed by atoms with Gasteiger partial charge < -0.3 is 14.6 Å². The zero-order valence-electron chi connectivity index (χ0n) is 13.5. The van der Waals surface area contributed by atoms with E-state index in [0.29, 0.717) is 13.2 Å². The van der Waals surface area contributed by atoms with E-state index in [2.05, 4.69) is 31.7 Å². The number of hydrogen-bond donors (Lipinski definition) is 1. The Balaban J connectivity index is 1.82. The number of hydrogen-bond acceptors (Lipinski definition) is 4. The predicted octanol–water partition coefficient (Wildman–Crippen LogP) is 2.15. The summed E-state index contributed by atoms with van der Waals surface area (Å²) < 4.78 is 11.5. The van der Waals surface area contributed by atoms with Gasteiger partial charge in [-0.25, -0.2) is 0 Å². The SMILES string of the molecule is Cc1cccc(OC[C@H](O)CN2C[C@H](C)O[C@@H](C)C2)c1C. The highest BCUT2D eigenvalue weighted by Gasteiger charge is 2.24. The van der Waals surface area contributed by atoms with Crippen LogP contribution in [0.25, 0.3) is 0 Å². The van der Waals surface area contributed by atoms with Crippen molar-refractivity contribution in [1.29, 1.82) is 0 Å². The van der Waals surface area contributed by atoms with Crippen molar-refractivity contribution in [2.24, 2.45) is 0 Å². The minimum atomic E-state index is -0.484. The summed E-state index contributed by atoms with van der Waals surface area (Å²) in [5, 5.41) is 10.2. The number of aliphatic hydroxyl groups is 1. The summed E-state index contributed by atoms with van der Waals surface area (Å²) in [6, 6.07) is 6.00. The molecule has 21 heavy (non-hydrogen) atoms. The number of ether oxygens (including phenoxy) is 2. The van der Waals surface area contributed by atoms with E-state index in [1.807, 2.05) is 19.1 Å². The zero-order chi connectivity index (χ0) is 15.4. The standard InChI is InChI=1S/C17H27NO3/c1-12-6-5-7-17(15(12)4)20-11-16(19)10-18-8-13(2)21-14(3)9-18/h5-7,13-14,16,19H,8-11H2,1-4H3/t13-,14-,16+/m0/s1. The molecule has 0 saturated carbocycles. The van der Waals surface area contributed by atoms with Crippen LogP contribution < -0.4 is 4.74 Å². The van der Waals surface area contributed by atoms with Crippen molar-refractivity contribution in [3.05, 3.63) is 29.3 Å². The number of aryl methyl sites for hydroxylation is 1. The molecule has 0 unspecified atom stereocenters. The summed E-state index contributed by atoms with van der Waals surface area (Å²) in [6.45, 7) is 10.9. The molecule has 118 valence electrons. The van der Waals surface area contributed by atoms with E-state index in [0.717, 1.165) is 24.4 Å². The van der Waals surface area contributed by atoms with Gasteiger partial charge in [-0.2, -0.15) is 0 Å². The van der Waals surface area contributed by atoms with Crippen molar-refractivity contribution in [3.63, 3.8) is 0 Å². The number of morpholine rings is 1. The van der Waals surface area contributed by atoms with E-state index < -0.39 is 6.10 Å². The molecule has 0 amide bonds. The van der Waals surface area contributed by atoms with Gasteiger partial charge in [0.15, 0.2) is 0 Å². The van der Waals surface area contributed by atoms with Crippen molar-refractivity contribution in [3.8, 4) is 5.75 Å². The predicted molar refractivity (Wildman–Crippen MR) is 83.9 cm³/mol. The van der Waals surface area contributed by atoms with Gasteiger partial charge in [-0.05, 0) is 44.9 Å². The molecule has 1 heterocycles. The molecule has 1 aromatic carbocycles. The summed E-state index contributed by atoms with van der Waals surface area (Å²) in [5.41, 5.74) is 2.34. The highest BCUT2D eigenvalue weighted by molar-refractivity contribution is 5.38. The van der Waals surface area contributed by atoms with Crippen LogP contribution in [0.4, 0.5) is 0 Å². The second kappa shape index (κ2) is 7.25. The molecule has 1 aliphatic rings. The number of β-amino-alcohol motifs (C(OH)–C–C–N with tert-alkyl or cyclic N) is 1. The van der Waals surface area contributed by atoms with Gasteiger partial charge in [-0.3, -0.25) is 4.90 Å². The fraction of sp³-hybridized carbons (Fsp3) is 0.647. The molecule has 1 N–H and O–H groups in total. The van der Waals surface area contributed by atoms with Gasteiger partial charge in [-0.15, -0.1) is 0 Å². The van der Waals surface area contributed by atoms with Crippen LogP contribution in [-0.4, -0.2) is 54.6 Å². The Morgan fingerprint density at radius 2 is 1.95 bits per heavy atom. The molecule has 4 heteroatoms. The average molecular weight is 293 g/mol. The van der Waals surface area contributed by atoms with Crippen LogP contribution in [0.2, 0.25) is 0 Å². The molecule has 1 fully saturated rings. The lowest BCUT2D eigenvalue weighted by molar-refractivity contribution is -0.0786. The lowest BCUT2D eigenvalue weighted by Crippen LogP contribution is -2.48. The largest absolute Gasteiger partial charge is 0.491 e. The molecule has 1 aliphatic heterocycles. The van der Waals surface area contributed by atoms with Crippen molar-refractivity contribution in [2.75, 3.05) is 26.2 Å². The average Bonchev–Trinajstić information content (AvgIpc) is 2.39. The van der Waals surface area contributed by atoms with Gasteiger partial charge in [0.05, 0.1) is 12.2 Å².